The summed E-state index contributed by atoms with van der Waals surface area (Å²) < 4.78 is 0. The van der Waals surface area contributed by atoms with Gasteiger partial charge in [-0.05, 0) is 6.42 Å². The Hall–Kier alpha value is -1.62. The molecule has 0 radical (unpaired) electrons. The van der Waals surface area contributed by atoms with Gasteiger partial charge in [0.25, 0.3) is 0 Å². The standard InChI is InChI=1S/C9H14N4O/c1-2-4-12-9(13-10)7-6-11-5-3-8(7)14/h3,5-6H,2,4,10H2,1H3,(H,11,14)(H,12,13). The van der Waals surface area contributed by atoms with E-state index in [9.17, 15) is 4.79 Å². The highest BCUT2D eigenvalue weighted by Crippen LogP contribution is 1.90. The average molecular weight is 194 g/mol. The van der Waals surface area contributed by atoms with Crippen LogP contribution in [0.5, 0.6) is 0 Å². The van der Waals surface area contributed by atoms with Crippen LogP contribution in [0.25, 0.3) is 0 Å². The Bertz CT molecular complexity index is 369. The van der Waals surface area contributed by atoms with Gasteiger partial charge in [0, 0.05) is 25.0 Å². The number of nitrogens with two attached hydrogens (primary N) is 1. The van der Waals surface area contributed by atoms with Gasteiger partial charge in [0.05, 0.1) is 5.56 Å². The van der Waals surface area contributed by atoms with Crippen molar-refractivity contribution in [3.05, 3.63) is 34.2 Å². The topological polar surface area (TPSA) is 83.3 Å². The van der Waals surface area contributed by atoms with Crippen molar-refractivity contribution in [1.29, 1.82) is 0 Å². The van der Waals surface area contributed by atoms with Gasteiger partial charge < -0.3 is 10.4 Å². The van der Waals surface area contributed by atoms with E-state index in [0.29, 0.717) is 17.9 Å². The Morgan fingerprint density at radius 1 is 1.71 bits per heavy atom. The Morgan fingerprint density at radius 3 is 3.07 bits per heavy atom. The summed E-state index contributed by atoms with van der Waals surface area (Å²) in [6.07, 6.45) is 4.06. The molecule has 14 heavy (non-hydrogen) atoms. The number of hydrogen-bond donors (Lipinski definition) is 3. The van der Waals surface area contributed by atoms with Crippen molar-refractivity contribution >= 4 is 5.84 Å². The average Bonchev–Trinajstić information content (AvgIpc) is 2.21. The van der Waals surface area contributed by atoms with E-state index in [-0.39, 0.29) is 5.43 Å². The zero-order valence-electron chi connectivity index (χ0n) is 8.08. The normalized spacial score (nSPS) is 11.4. The third-order valence-corrected chi connectivity index (χ3v) is 1.71. The molecule has 0 saturated heterocycles. The molecule has 5 heteroatoms. The summed E-state index contributed by atoms with van der Waals surface area (Å²) in [5, 5.41) is 0. The zero-order valence-corrected chi connectivity index (χ0v) is 8.08. The summed E-state index contributed by atoms with van der Waals surface area (Å²) in [4.78, 5) is 18.4. The first-order valence-electron chi connectivity index (χ1n) is 4.48. The first-order chi connectivity index (χ1) is 6.79. The highest BCUT2D eigenvalue weighted by Gasteiger charge is 2.04. The number of amidine groups is 1. The molecule has 0 aromatic carbocycles. The minimum absolute atomic E-state index is 0.100. The van der Waals surface area contributed by atoms with Crippen molar-refractivity contribution in [2.24, 2.45) is 10.8 Å². The van der Waals surface area contributed by atoms with Crippen LogP contribution in [0.15, 0.2) is 28.2 Å². The Morgan fingerprint density at radius 2 is 2.50 bits per heavy atom. The molecule has 0 bridgehead atoms. The van der Waals surface area contributed by atoms with E-state index in [0.717, 1.165) is 6.42 Å². The SMILES string of the molecule is CCCN=C(NN)c1c[nH]ccc1=O. The Balaban J connectivity index is 3.01. The van der Waals surface area contributed by atoms with Crippen molar-refractivity contribution in [1.82, 2.24) is 10.4 Å². The fraction of sp³-hybridized carbons (Fsp3) is 0.333. The molecule has 4 N–H and O–H groups in total. The van der Waals surface area contributed by atoms with Crippen LogP contribution in [0.3, 0.4) is 0 Å². The van der Waals surface area contributed by atoms with E-state index in [4.69, 9.17) is 5.84 Å². The second-order valence-electron chi connectivity index (χ2n) is 2.80. The van der Waals surface area contributed by atoms with Gasteiger partial charge in [-0.15, -0.1) is 0 Å². The number of aromatic nitrogens is 1. The van der Waals surface area contributed by atoms with Gasteiger partial charge in [0.15, 0.2) is 5.43 Å². The van der Waals surface area contributed by atoms with E-state index in [1.54, 1.807) is 12.4 Å². The lowest BCUT2D eigenvalue weighted by atomic mass is 10.2. The van der Waals surface area contributed by atoms with Crippen molar-refractivity contribution in [2.75, 3.05) is 6.54 Å². The number of rotatable bonds is 3. The maximum Gasteiger partial charge on any atom is 0.192 e. The summed E-state index contributed by atoms with van der Waals surface area (Å²) in [6.45, 7) is 2.65. The highest BCUT2D eigenvalue weighted by molar-refractivity contribution is 5.97. The Labute approximate surface area is 82.0 Å². The fourth-order valence-electron chi connectivity index (χ4n) is 1.03. The second-order valence-corrected chi connectivity index (χ2v) is 2.80. The van der Waals surface area contributed by atoms with Crippen LogP contribution in [0.2, 0.25) is 0 Å². The lowest BCUT2D eigenvalue weighted by Gasteiger charge is -2.03. The van der Waals surface area contributed by atoms with E-state index in [1.165, 1.54) is 6.07 Å². The molecule has 1 rings (SSSR count). The minimum Gasteiger partial charge on any atom is -0.367 e. The predicted octanol–water partition coefficient (Wildman–Crippen LogP) is -0.00520. The van der Waals surface area contributed by atoms with Crippen LogP contribution in [0.1, 0.15) is 18.9 Å². The molecular weight excluding hydrogens is 180 g/mol. The van der Waals surface area contributed by atoms with Crippen LogP contribution in [0.4, 0.5) is 0 Å². The van der Waals surface area contributed by atoms with Gasteiger partial charge in [-0.25, -0.2) is 5.84 Å². The molecule has 0 atom stereocenters. The van der Waals surface area contributed by atoms with Gasteiger partial charge >= 0.3 is 0 Å². The summed E-state index contributed by atoms with van der Waals surface area (Å²) >= 11 is 0. The maximum absolute atomic E-state index is 11.4. The number of hydrazine groups is 1. The first kappa shape index (κ1) is 10.5. The van der Waals surface area contributed by atoms with Crippen LogP contribution in [0, 0.1) is 0 Å². The summed E-state index contributed by atoms with van der Waals surface area (Å²) in [6, 6.07) is 1.44. The van der Waals surface area contributed by atoms with Crippen LogP contribution < -0.4 is 16.7 Å². The third kappa shape index (κ3) is 2.43. The highest BCUT2D eigenvalue weighted by atomic mass is 16.1. The monoisotopic (exact) mass is 194 g/mol. The minimum atomic E-state index is -0.100. The van der Waals surface area contributed by atoms with Crippen LogP contribution >= 0.6 is 0 Å². The van der Waals surface area contributed by atoms with Gasteiger partial charge in [-0.2, -0.15) is 0 Å². The van der Waals surface area contributed by atoms with Gasteiger partial charge in [-0.1, -0.05) is 6.92 Å². The number of H-pyrrole nitrogens is 1. The lowest BCUT2D eigenvalue weighted by Crippen LogP contribution is -2.34. The van der Waals surface area contributed by atoms with Gasteiger partial charge in [-0.3, -0.25) is 9.79 Å². The number of aromatic amines is 1. The summed E-state index contributed by atoms with van der Waals surface area (Å²) in [7, 11) is 0. The number of aliphatic imine (C=N–C) groups is 1. The van der Waals surface area contributed by atoms with E-state index in [2.05, 4.69) is 15.4 Å². The molecule has 76 valence electrons. The van der Waals surface area contributed by atoms with Crippen molar-refractivity contribution in [3.63, 3.8) is 0 Å². The van der Waals surface area contributed by atoms with Gasteiger partial charge in [0.1, 0.15) is 5.84 Å². The number of hydrogen-bond acceptors (Lipinski definition) is 3. The maximum atomic E-state index is 11.4. The van der Waals surface area contributed by atoms with E-state index < -0.39 is 0 Å². The quantitative estimate of drug-likeness (QED) is 0.274. The van der Waals surface area contributed by atoms with Crippen molar-refractivity contribution in [3.8, 4) is 0 Å². The molecule has 0 aliphatic heterocycles. The smallest absolute Gasteiger partial charge is 0.192 e. The summed E-state index contributed by atoms with van der Waals surface area (Å²) in [5.74, 6) is 5.71. The van der Waals surface area contributed by atoms with Gasteiger partial charge in [0.2, 0.25) is 0 Å². The molecular formula is C9H14N4O. The third-order valence-electron chi connectivity index (χ3n) is 1.71. The van der Waals surface area contributed by atoms with Crippen LogP contribution in [-0.2, 0) is 0 Å². The molecule has 1 aromatic heterocycles. The number of nitrogens with one attached hydrogen (secondary N) is 2. The van der Waals surface area contributed by atoms with Crippen LogP contribution in [-0.4, -0.2) is 17.4 Å². The molecule has 5 nitrogen and oxygen atoms in total. The number of pyridine rings is 1. The zero-order chi connectivity index (χ0) is 10.4. The fourth-order valence-corrected chi connectivity index (χ4v) is 1.03. The molecule has 1 heterocycles. The second kappa shape index (κ2) is 5.18. The molecule has 0 unspecified atom stereocenters. The first-order valence-corrected chi connectivity index (χ1v) is 4.48. The molecule has 0 aliphatic carbocycles. The lowest BCUT2D eigenvalue weighted by molar-refractivity contribution is 0.906. The molecule has 0 amide bonds. The van der Waals surface area contributed by atoms with Crippen molar-refractivity contribution < 1.29 is 0 Å². The molecule has 0 spiro atoms. The number of nitrogens with zero attached hydrogens (tertiary/aromatic N) is 1. The predicted molar refractivity (Wildman–Crippen MR) is 56.1 cm³/mol. The van der Waals surface area contributed by atoms with E-state index >= 15 is 0 Å². The molecule has 0 saturated carbocycles. The summed E-state index contributed by atoms with van der Waals surface area (Å²) in [5.41, 5.74) is 2.79. The molecule has 0 aliphatic rings. The van der Waals surface area contributed by atoms with Crippen molar-refractivity contribution in [2.45, 2.75) is 13.3 Å². The van der Waals surface area contributed by atoms with E-state index in [1.807, 2.05) is 6.92 Å². The molecule has 0 fully saturated rings. The largest absolute Gasteiger partial charge is 0.367 e. The Kier molecular flexibility index (Phi) is 3.87. The molecule has 1 aromatic rings.